The zero-order valence-electron chi connectivity index (χ0n) is 18.9. The Hall–Kier alpha value is -2.62. The van der Waals surface area contributed by atoms with E-state index in [0.717, 1.165) is 59.2 Å². The summed E-state index contributed by atoms with van der Waals surface area (Å²) in [6, 6.07) is 10.4. The molecule has 3 nitrogen and oxygen atoms in total. The molecular formula is C27H33FN2O. The predicted octanol–water partition coefficient (Wildman–Crippen LogP) is 6.54. The summed E-state index contributed by atoms with van der Waals surface area (Å²) in [4.78, 5) is 12.5. The molecule has 164 valence electrons. The maximum absolute atomic E-state index is 15.0. The molecule has 2 aromatic carbocycles. The Morgan fingerprint density at radius 2 is 1.74 bits per heavy atom. The molecule has 0 heterocycles. The molecule has 0 aromatic heterocycles. The maximum Gasteiger partial charge on any atom is 0.247 e. The monoisotopic (exact) mass is 420 g/mol. The highest BCUT2D eigenvalue weighted by Crippen LogP contribution is 2.32. The number of amides is 1. The fourth-order valence-electron chi connectivity index (χ4n) is 4.43. The van der Waals surface area contributed by atoms with Crippen LogP contribution in [0.25, 0.3) is 17.2 Å². The summed E-state index contributed by atoms with van der Waals surface area (Å²) in [6.45, 7) is 6.03. The van der Waals surface area contributed by atoms with E-state index in [0.29, 0.717) is 24.1 Å². The van der Waals surface area contributed by atoms with Gasteiger partial charge in [-0.15, -0.1) is 0 Å². The van der Waals surface area contributed by atoms with E-state index in [1.165, 1.54) is 12.8 Å². The average Bonchev–Trinajstić information content (AvgIpc) is 3.40. The zero-order valence-corrected chi connectivity index (χ0v) is 18.9. The molecule has 2 aliphatic carbocycles. The minimum Gasteiger partial charge on any atom is -0.382 e. The minimum atomic E-state index is -0.202. The first-order valence-corrected chi connectivity index (χ1v) is 11.6. The van der Waals surface area contributed by atoms with Gasteiger partial charge in [-0.25, -0.2) is 4.39 Å². The number of carbonyl (C=O) groups is 1. The standard InChI is InChI=1S/C27H33FN2O/c1-4-19(27(31)30-22-9-10-22)15-20-13-18(3)25(14-17(20)2)24-12-11-23(16-26(24)28)29-21-7-5-6-8-21/h11-16,21-22,29H,4-10H2,1-3H3,(H,30,31)/b19-15+. The van der Waals surface area contributed by atoms with Gasteiger partial charge in [-0.05, 0) is 92.5 Å². The van der Waals surface area contributed by atoms with Gasteiger partial charge in [0.25, 0.3) is 0 Å². The lowest BCUT2D eigenvalue weighted by atomic mass is 9.93. The van der Waals surface area contributed by atoms with Crippen LogP contribution in [0.3, 0.4) is 0 Å². The van der Waals surface area contributed by atoms with Crippen molar-refractivity contribution in [3.05, 3.63) is 58.4 Å². The Bertz CT molecular complexity index is 1000. The predicted molar refractivity (Wildman–Crippen MR) is 127 cm³/mol. The van der Waals surface area contributed by atoms with E-state index >= 15 is 4.39 Å². The van der Waals surface area contributed by atoms with Crippen molar-refractivity contribution in [2.24, 2.45) is 0 Å². The molecule has 1 amide bonds. The van der Waals surface area contributed by atoms with Crippen LogP contribution in [0.1, 0.15) is 68.6 Å². The fraction of sp³-hybridized carbons (Fsp3) is 0.444. The number of nitrogens with one attached hydrogen (secondary N) is 2. The van der Waals surface area contributed by atoms with Crippen LogP contribution in [0.15, 0.2) is 35.9 Å². The molecule has 0 unspecified atom stereocenters. The number of hydrogen-bond acceptors (Lipinski definition) is 2. The summed E-state index contributed by atoms with van der Waals surface area (Å²) in [5.41, 5.74) is 6.23. The SMILES string of the molecule is CC/C(=C\c1cc(C)c(-c2ccc(NC3CCCC3)cc2F)cc1C)C(=O)NC1CC1. The molecule has 31 heavy (non-hydrogen) atoms. The number of halogens is 1. The quantitative estimate of drug-likeness (QED) is 0.500. The van der Waals surface area contributed by atoms with Crippen LogP contribution >= 0.6 is 0 Å². The van der Waals surface area contributed by atoms with Crippen LogP contribution in [-0.4, -0.2) is 18.0 Å². The van der Waals surface area contributed by atoms with E-state index < -0.39 is 0 Å². The molecule has 2 aliphatic rings. The van der Waals surface area contributed by atoms with Crippen LogP contribution in [0.2, 0.25) is 0 Å². The van der Waals surface area contributed by atoms with E-state index in [1.54, 1.807) is 6.07 Å². The maximum atomic E-state index is 15.0. The van der Waals surface area contributed by atoms with Crippen molar-refractivity contribution >= 4 is 17.7 Å². The van der Waals surface area contributed by atoms with E-state index in [1.807, 2.05) is 45.0 Å². The molecule has 0 aliphatic heterocycles. The van der Waals surface area contributed by atoms with Crippen LogP contribution in [0.5, 0.6) is 0 Å². The van der Waals surface area contributed by atoms with Gasteiger partial charge in [0.2, 0.25) is 5.91 Å². The van der Waals surface area contributed by atoms with Crippen molar-refractivity contribution in [1.29, 1.82) is 0 Å². The molecule has 0 atom stereocenters. The average molecular weight is 421 g/mol. The molecule has 0 bridgehead atoms. The second kappa shape index (κ2) is 9.25. The molecule has 2 saturated carbocycles. The molecule has 4 rings (SSSR count). The smallest absolute Gasteiger partial charge is 0.247 e. The summed E-state index contributed by atoms with van der Waals surface area (Å²) in [6.07, 6.45) is 9.65. The first-order chi connectivity index (χ1) is 14.9. The van der Waals surface area contributed by atoms with E-state index in [9.17, 15) is 4.79 Å². The van der Waals surface area contributed by atoms with Crippen molar-refractivity contribution in [1.82, 2.24) is 5.32 Å². The van der Waals surface area contributed by atoms with Gasteiger partial charge in [0, 0.05) is 28.9 Å². The van der Waals surface area contributed by atoms with E-state index in [4.69, 9.17) is 0 Å². The number of carbonyl (C=O) groups excluding carboxylic acids is 1. The van der Waals surface area contributed by atoms with Gasteiger partial charge in [-0.1, -0.05) is 31.9 Å². The molecule has 2 N–H and O–H groups in total. The molecule has 0 radical (unpaired) electrons. The van der Waals surface area contributed by atoms with E-state index in [2.05, 4.69) is 16.7 Å². The summed E-state index contributed by atoms with van der Waals surface area (Å²) in [5, 5.41) is 6.54. The van der Waals surface area contributed by atoms with Crippen molar-refractivity contribution in [2.75, 3.05) is 5.32 Å². The van der Waals surface area contributed by atoms with Gasteiger partial charge in [-0.3, -0.25) is 4.79 Å². The highest BCUT2D eigenvalue weighted by atomic mass is 19.1. The van der Waals surface area contributed by atoms with Gasteiger partial charge in [-0.2, -0.15) is 0 Å². The van der Waals surface area contributed by atoms with Crippen LogP contribution in [-0.2, 0) is 4.79 Å². The Balaban J connectivity index is 1.57. The Kier molecular flexibility index (Phi) is 6.45. The molecule has 2 fully saturated rings. The molecule has 4 heteroatoms. The Morgan fingerprint density at radius 1 is 1.00 bits per heavy atom. The normalized spacial score (nSPS) is 17.1. The second-order valence-electron chi connectivity index (χ2n) is 9.11. The number of aryl methyl sites for hydroxylation is 2. The summed E-state index contributed by atoms with van der Waals surface area (Å²) >= 11 is 0. The van der Waals surface area contributed by atoms with Gasteiger partial charge < -0.3 is 10.6 Å². The lowest BCUT2D eigenvalue weighted by molar-refractivity contribution is -0.117. The zero-order chi connectivity index (χ0) is 22.0. The number of benzene rings is 2. The number of anilines is 1. The number of rotatable bonds is 7. The summed E-state index contributed by atoms with van der Waals surface area (Å²) in [7, 11) is 0. The number of hydrogen-bond donors (Lipinski definition) is 2. The van der Waals surface area contributed by atoms with Crippen LogP contribution in [0.4, 0.5) is 10.1 Å². The summed E-state index contributed by atoms with van der Waals surface area (Å²) in [5.74, 6) is -0.172. The van der Waals surface area contributed by atoms with Crippen LogP contribution in [0, 0.1) is 19.7 Å². The third-order valence-electron chi connectivity index (χ3n) is 6.51. The van der Waals surface area contributed by atoms with Crippen molar-refractivity contribution in [3.8, 4) is 11.1 Å². The van der Waals surface area contributed by atoms with Crippen LogP contribution < -0.4 is 10.6 Å². The van der Waals surface area contributed by atoms with Gasteiger partial charge in [0.05, 0.1) is 0 Å². The molecule has 0 saturated heterocycles. The molecule has 0 spiro atoms. The largest absolute Gasteiger partial charge is 0.382 e. The minimum absolute atomic E-state index is 0.0301. The topological polar surface area (TPSA) is 41.1 Å². The Labute approximate surface area is 185 Å². The third-order valence-corrected chi connectivity index (χ3v) is 6.51. The lowest BCUT2D eigenvalue weighted by Crippen LogP contribution is -2.26. The first-order valence-electron chi connectivity index (χ1n) is 11.6. The lowest BCUT2D eigenvalue weighted by Gasteiger charge is -2.16. The van der Waals surface area contributed by atoms with Gasteiger partial charge >= 0.3 is 0 Å². The van der Waals surface area contributed by atoms with Crippen molar-refractivity contribution in [3.63, 3.8) is 0 Å². The fourth-order valence-corrected chi connectivity index (χ4v) is 4.43. The molecular weight excluding hydrogens is 387 g/mol. The molecule has 2 aromatic rings. The first kappa shape index (κ1) is 21.6. The van der Waals surface area contributed by atoms with Gasteiger partial charge in [0.15, 0.2) is 0 Å². The van der Waals surface area contributed by atoms with Crippen molar-refractivity contribution < 1.29 is 9.18 Å². The Morgan fingerprint density at radius 3 is 2.39 bits per heavy atom. The van der Waals surface area contributed by atoms with Crippen molar-refractivity contribution in [2.45, 2.75) is 77.8 Å². The van der Waals surface area contributed by atoms with Gasteiger partial charge in [0.1, 0.15) is 5.82 Å². The highest BCUT2D eigenvalue weighted by Gasteiger charge is 2.24. The highest BCUT2D eigenvalue weighted by molar-refractivity contribution is 5.98. The summed E-state index contributed by atoms with van der Waals surface area (Å²) < 4.78 is 15.0. The third kappa shape index (κ3) is 5.17. The second-order valence-corrected chi connectivity index (χ2v) is 9.11. The van der Waals surface area contributed by atoms with E-state index in [-0.39, 0.29) is 11.7 Å².